The van der Waals surface area contributed by atoms with Crippen molar-refractivity contribution < 1.29 is 19.5 Å². The summed E-state index contributed by atoms with van der Waals surface area (Å²) in [7, 11) is 0. The Balaban J connectivity index is 2.20. The van der Waals surface area contributed by atoms with E-state index < -0.39 is 12.6 Å². The Morgan fingerprint density at radius 1 is 1.60 bits per heavy atom. The van der Waals surface area contributed by atoms with Crippen LogP contribution in [0.1, 0.15) is 19.8 Å². The standard InChI is InChI=1S/C9H16N2O4/c1-2-7-3-4-11(5-7)9(14)10-15-6-8(12)13/h7H,2-6H2,1H3,(H,10,14)(H,12,13). The molecule has 0 aliphatic carbocycles. The maximum absolute atomic E-state index is 11.4. The van der Waals surface area contributed by atoms with Crippen molar-refractivity contribution in [2.24, 2.45) is 5.92 Å². The molecule has 0 spiro atoms. The second-order valence-corrected chi connectivity index (χ2v) is 3.60. The minimum absolute atomic E-state index is 0.354. The van der Waals surface area contributed by atoms with Crippen LogP contribution in [0, 0.1) is 5.92 Å². The third-order valence-electron chi connectivity index (χ3n) is 2.51. The summed E-state index contributed by atoms with van der Waals surface area (Å²) in [6.45, 7) is 3.00. The fourth-order valence-corrected chi connectivity index (χ4v) is 1.57. The highest BCUT2D eigenvalue weighted by Gasteiger charge is 2.24. The number of nitrogens with zero attached hydrogens (tertiary/aromatic N) is 1. The van der Waals surface area contributed by atoms with E-state index in [4.69, 9.17) is 5.11 Å². The van der Waals surface area contributed by atoms with Crippen LogP contribution in [0.15, 0.2) is 0 Å². The summed E-state index contributed by atoms with van der Waals surface area (Å²) < 4.78 is 0. The Hall–Kier alpha value is -1.30. The Labute approximate surface area is 88.1 Å². The number of urea groups is 1. The van der Waals surface area contributed by atoms with E-state index in [1.165, 1.54) is 0 Å². The number of carboxylic acids is 1. The number of carbonyl (C=O) groups excluding carboxylic acids is 1. The summed E-state index contributed by atoms with van der Waals surface area (Å²) in [5.41, 5.74) is 2.11. The Kier molecular flexibility index (Phi) is 4.36. The molecule has 86 valence electrons. The fourth-order valence-electron chi connectivity index (χ4n) is 1.57. The summed E-state index contributed by atoms with van der Waals surface area (Å²) in [6.07, 6.45) is 2.06. The normalized spacial score (nSPS) is 20.3. The zero-order valence-electron chi connectivity index (χ0n) is 8.73. The molecule has 0 aromatic heterocycles. The number of hydrogen-bond donors (Lipinski definition) is 2. The maximum Gasteiger partial charge on any atom is 0.341 e. The highest BCUT2D eigenvalue weighted by molar-refractivity contribution is 5.74. The van der Waals surface area contributed by atoms with Crippen LogP contribution in [0.5, 0.6) is 0 Å². The lowest BCUT2D eigenvalue weighted by molar-refractivity contribution is -0.144. The third-order valence-corrected chi connectivity index (χ3v) is 2.51. The highest BCUT2D eigenvalue weighted by atomic mass is 16.7. The summed E-state index contributed by atoms with van der Waals surface area (Å²) >= 11 is 0. The molecule has 1 aliphatic heterocycles. The SMILES string of the molecule is CCC1CCN(C(=O)NOCC(=O)O)C1. The summed E-state index contributed by atoms with van der Waals surface area (Å²) in [5, 5.41) is 8.28. The lowest BCUT2D eigenvalue weighted by atomic mass is 10.1. The van der Waals surface area contributed by atoms with Gasteiger partial charge in [-0.1, -0.05) is 13.3 Å². The number of hydrogen-bond acceptors (Lipinski definition) is 3. The van der Waals surface area contributed by atoms with Gasteiger partial charge in [0.25, 0.3) is 0 Å². The van der Waals surface area contributed by atoms with Gasteiger partial charge in [0.15, 0.2) is 6.61 Å². The van der Waals surface area contributed by atoms with Crippen LogP contribution in [0.3, 0.4) is 0 Å². The predicted molar refractivity (Wildman–Crippen MR) is 52.1 cm³/mol. The van der Waals surface area contributed by atoms with E-state index in [2.05, 4.69) is 17.2 Å². The first-order chi connectivity index (χ1) is 7.13. The van der Waals surface area contributed by atoms with Crippen molar-refractivity contribution in [2.45, 2.75) is 19.8 Å². The van der Waals surface area contributed by atoms with Gasteiger partial charge in [-0.3, -0.25) is 4.84 Å². The van der Waals surface area contributed by atoms with Gasteiger partial charge in [0, 0.05) is 13.1 Å². The number of hydroxylamine groups is 1. The number of rotatable bonds is 4. The number of nitrogens with one attached hydrogen (secondary N) is 1. The quantitative estimate of drug-likeness (QED) is 0.668. The third kappa shape index (κ3) is 3.75. The molecule has 0 aromatic rings. The minimum atomic E-state index is -1.11. The molecule has 6 heteroatoms. The molecular weight excluding hydrogens is 200 g/mol. The van der Waals surface area contributed by atoms with Crippen LogP contribution in [0.25, 0.3) is 0 Å². The van der Waals surface area contributed by atoms with E-state index in [9.17, 15) is 9.59 Å². The van der Waals surface area contributed by atoms with Crippen LogP contribution in [0.4, 0.5) is 4.79 Å². The van der Waals surface area contributed by atoms with Crippen molar-refractivity contribution in [1.29, 1.82) is 0 Å². The molecule has 1 rings (SSSR count). The molecule has 1 atom stereocenters. The average molecular weight is 216 g/mol. The first kappa shape index (κ1) is 11.8. The molecule has 1 fully saturated rings. The van der Waals surface area contributed by atoms with Crippen molar-refractivity contribution in [1.82, 2.24) is 10.4 Å². The molecule has 0 radical (unpaired) electrons. The van der Waals surface area contributed by atoms with Gasteiger partial charge in [0.2, 0.25) is 0 Å². The van der Waals surface area contributed by atoms with Crippen LogP contribution in [-0.2, 0) is 9.63 Å². The van der Waals surface area contributed by atoms with E-state index >= 15 is 0 Å². The van der Waals surface area contributed by atoms with E-state index in [-0.39, 0.29) is 6.03 Å². The topological polar surface area (TPSA) is 78.9 Å². The minimum Gasteiger partial charge on any atom is -0.479 e. The van der Waals surface area contributed by atoms with E-state index in [0.717, 1.165) is 19.4 Å². The molecule has 1 aliphatic rings. The van der Waals surface area contributed by atoms with Gasteiger partial charge < -0.3 is 10.0 Å². The van der Waals surface area contributed by atoms with Crippen molar-refractivity contribution >= 4 is 12.0 Å². The summed E-state index contributed by atoms with van der Waals surface area (Å²) in [6, 6.07) is -0.354. The summed E-state index contributed by atoms with van der Waals surface area (Å²) in [4.78, 5) is 27.6. The highest BCUT2D eigenvalue weighted by Crippen LogP contribution is 2.18. The largest absolute Gasteiger partial charge is 0.479 e. The predicted octanol–water partition coefficient (Wildman–Crippen LogP) is 0.444. The number of carboxylic acid groups (broad SMARTS) is 1. The van der Waals surface area contributed by atoms with Crippen molar-refractivity contribution in [3.05, 3.63) is 0 Å². The lowest BCUT2D eigenvalue weighted by Gasteiger charge is -2.16. The molecule has 1 heterocycles. The van der Waals surface area contributed by atoms with Crippen molar-refractivity contribution in [2.75, 3.05) is 19.7 Å². The molecule has 1 saturated heterocycles. The van der Waals surface area contributed by atoms with Crippen LogP contribution >= 0.6 is 0 Å². The molecule has 15 heavy (non-hydrogen) atoms. The Bertz CT molecular complexity index is 244. The zero-order valence-corrected chi connectivity index (χ0v) is 8.73. The Morgan fingerprint density at radius 3 is 2.87 bits per heavy atom. The second-order valence-electron chi connectivity index (χ2n) is 3.60. The van der Waals surface area contributed by atoms with E-state index in [1.807, 2.05) is 0 Å². The monoisotopic (exact) mass is 216 g/mol. The summed E-state index contributed by atoms with van der Waals surface area (Å²) in [5.74, 6) is -0.557. The molecule has 0 saturated carbocycles. The number of aliphatic carboxylic acids is 1. The fraction of sp³-hybridized carbons (Fsp3) is 0.778. The van der Waals surface area contributed by atoms with Crippen LogP contribution in [0.2, 0.25) is 0 Å². The van der Waals surface area contributed by atoms with Gasteiger partial charge in [0.05, 0.1) is 0 Å². The smallest absolute Gasteiger partial charge is 0.341 e. The van der Waals surface area contributed by atoms with Crippen LogP contribution in [-0.4, -0.2) is 41.7 Å². The van der Waals surface area contributed by atoms with Gasteiger partial charge in [0.1, 0.15) is 0 Å². The molecule has 1 unspecified atom stereocenters. The number of likely N-dealkylation sites (tertiary alicyclic amines) is 1. The molecule has 2 amide bonds. The molecule has 6 nitrogen and oxygen atoms in total. The van der Waals surface area contributed by atoms with E-state index in [1.54, 1.807) is 4.90 Å². The number of carbonyl (C=O) groups is 2. The van der Waals surface area contributed by atoms with Gasteiger partial charge in [-0.15, -0.1) is 0 Å². The molecular formula is C9H16N2O4. The first-order valence-electron chi connectivity index (χ1n) is 5.02. The van der Waals surface area contributed by atoms with Gasteiger partial charge in [-0.2, -0.15) is 0 Å². The number of amides is 2. The molecule has 0 bridgehead atoms. The second kappa shape index (κ2) is 5.55. The maximum atomic E-state index is 11.4. The van der Waals surface area contributed by atoms with Crippen LogP contribution < -0.4 is 5.48 Å². The molecule has 0 aromatic carbocycles. The lowest BCUT2D eigenvalue weighted by Crippen LogP contribution is -2.39. The van der Waals surface area contributed by atoms with Crippen molar-refractivity contribution in [3.63, 3.8) is 0 Å². The van der Waals surface area contributed by atoms with Gasteiger partial charge in [-0.25, -0.2) is 15.1 Å². The van der Waals surface area contributed by atoms with E-state index in [0.29, 0.717) is 12.5 Å². The van der Waals surface area contributed by atoms with Gasteiger partial charge in [-0.05, 0) is 12.3 Å². The van der Waals surface area contributed by atoms with Crippen molar-refractivity contribution in [3.8, 4) is 0 Å². The van der Waals surface area contributed by atoms with Gasteiger partial charge >= 0.3 is 12.0 Å². The molecule has 2 N–H and O–H groups in total. The Morgan fingerprint density at radius 2 is 2.33 bits per heavy atom. The zero-order chi connectivity index (χ0) is 11.3. The first-order valence-corrected chi connectivity index (χ1v) is 5.02. The average Bonchev–Trinajstić information content (AvgIpc) is 2.65.